The van der Waals surface area contributed by atoms with E-state index in [-0.39, 0.29) is 11.2 Å². The molecule has 0 atom stereocenters. The fourth-order valence-electron chi connectivity index (χ4n) is 2.35. The molecule has 0 saturated carbocycles. The van der Waals surface area contributed by atoms with Crippen molar-refractivity contribution in [3.8, 4) is 0 Å². The Morgan fingerprint density at radius 2 is 2.13 bits per heavy atom. The first-order valence-electron chi connectivity index (χ1n) is 5.80. The molecule has 0 aromatic carbocycles. The van der Waals surface area contributed by atoms with Gasteiger partial charge >= 0.3 is 0 Å². The average molecular weight is 206 g/mol. The zero-order valence-corrected chi connectivity index (χ0v) is 10.4. The highest BCUT2D eigenvalue weighted by Crippen LogP contribution is 2.40. The highest BCUT2D eigenvalue weighted by Gasteiger charge is 2.26. The Kier molecular flexibility index (Phi) is 3.90. The van der Waals surface area contributed by atoms with Crippen LogP contribution in [0.15, 0.2) is 23.3 Å². The van der Waals surface area contributed by atoms with Gasteiger partial charge in [0.2, 0.25) is 0 Å². The van der Waals surface area contributed by atoms with Crippen LogP contribution in [-0.4, -0.2) is 5.78 Å². The van der Waals surface area contributed by atoms with Gasteiger partial charge in [-0.2, -0.15) is 0 Å². The Bertz CT molecular complexity index is 305. The number of hydrogen-bond acceptors (Lipinski definition) is 1. The maximum atomic E-state index is 10.9. The molecule has 0 amide bonds. The number of carbonyl (C=O) groups is 1. The van der Waals surface area contributed by atoms with Crippen molar-refractivity contribution < 1.29 is 4.79 Å². The fourth-order valence-corrected chi connectivity index (χ4v) is 2.35. The van der Waals surface area contributed by atoms with Gasteiger partial charge in [0, 0.05) is 6.42 Å². The van der Waals surface area contributed by atoms with Gasteiger partial charge < -0.3 is 0 Å². The van der Waals surface area contributed by atoms with Crippen molar-refractivity contribution in [3.05, 3.63) is 23.3 Å². The van der Waals surface area contributed by atoms with Crippen LogP contribution >= 0.6 is 0 Å². The molecule has 0 aromatic heterocycles. The summed E-state index contributed by atoms with van der Waals surface area (Å²) in [5.74, 6) is 0.234. The fraction of sp³-hybridized carbons (Fsp3) is 0.643. The monoisotopic (exact) mass is 206 g/mol. The molecule has 0 N–H and O–H groups in total. The second-order valence-electron chi connectivity index (χ2n) is 5.24. The molecule has 0 aliphatic heterocycles. The zero-order valence-electron chi connectivity index (χ0n) is 10.4. The molecule has 0 saturated heterocycles. The van der Waals surface area contributed by atoms with Crippen molar-refractivity contribution in [2.24, 2.45) is 5.41 Å². The number of hydrogen-bond donors (Lipinski definition) is 0. The molecular formula is C14H22O. The van der Waals surface area contributed by atoms with Crippen molar-refractivity contribution in [2.75, 3.05) is 0 Å². The van der Waals surface area contributed by atoms with E-state index in [1.54, 1.807) is 6.92 Å². The minimum Gasteiger partial charge on any atom is -0.300 e. The summed E-state index contributed by atoms with van der Waals surface area (Å²) in [6.45, 7) is 8.44. The summed E-state index contributed by atoms with van der Waals surface area (Å²) in [6, 6.07) is 0. The van der Waals surface area contributed by atoms with Crippen LogP contribution in [0.4, 0.5) is 0 Å². The zero-order chi connectivity index (χ0) is 11.5. The van der Waals surface area contributed by atoms with E-state index in [0.717, 1.165) is 0 Å². The second kappa shape index (κ2) is 4.78. The average Bonchev–Trinajstić information content (AvgIpc) is 2.09. The van der Waals surface area contributed by atoms with E-state index in [2.05, 4.69) is 26.8 Å². The Morgan fingerprint density at radius 1 is 1.47 bits per heavy atom. The van der Waals surface area contributed by atoms with Gasteiger partial charge in [-0.05, 0) is 44.1 Å². The third-order valence-corrected chi connectivity index (χ3v) is 3.23. The quantitative estimate of drug-likeness (QED) is 0.681. The third kappa shape index (κ3) is 3.33. The van der Waals surface area contributed by atoms with E-state index in [4.69, 9.17) is 0 Å². The van der Waals surface area contributed by atoms with Crippen molar-refractivity contribution in [3.63, 3.8) is 0 Å². The molecule has 0 radical (unpaired) electrons. The molecule has 1 nitrogen and oxygen atoms in total. The van der Waals surface area contributed by atoms with Crippen LogP contribution in [0.5, 0.6) is 0 Å². The summed E-state index contributed by atoms with van der Waals surface area (Å²) in [4.78, 5) is 10.9. The van der Waals surface area contributed by atoms with Gasteiger partial charge in [0.25, 0.3) is 0 Å². The normalized spacial score (nSPS) is 21.1. The van der Waals surface area contributed by atoms with Crippen LogP contribution in [0.1, 0.15) is 53.4 Å². The summed E-state index contributed by atoms with van der Waals surface area (Å²) in [5.41, 5.74) is 3.22. The molecule has 15 heavy (non-hydrogen) atoms. The first-order valence-corrected chi connectivity index (χ1v) is 5.80. The topological polar surface area (TPSA) is 17.1 Å². The molecule has 1 aliphatic rings. The maximum Gasteiger partial charge on any atom is 0.133 e. The summed E-state index contributed by atoms with van der Waals surface area (Å²) in [6.07, 6.45) is 8.49. The number of allylic oxidation sites excluding steroid dienone is 4. The Morgan fingerprint density at radius 3 is 2.67 bits per heavy atom. The van der Waals surface area contributed by atoms with Crippen LogP contribution in [0.2, 0.25) is 0 Å². The lowest BCUT2D eigenvalue weighted by molar-refractivity contribution is -0.116. The van der Waals surface area contributed by atoms with Crippen molar-refractivity contribution in [2.45, 2.75) is 53.4 Å². The lowest BCUT2D eigenvalue weighted by atomic mass is 9.72. The van der Waals surface area contributed by atoms with E-state index in [0.29, 0.717) is 6.42 Å². The third-order valence-electron chi connectivity index (χ3n) is 3.23. The Balaban J connectivity index is 2.80. The van der Waals surface area contributed by atoms with E-state index in [9.17, 15) is 4.79 Å². The van der Waals surface area contributed by atoms with Crippen molar-refractivity contribution in [1.29, 1.82) is 0 Å². The van der Waals surface area contributed by atoms with Crippen LogP contribution < -0.4 is 0 Å². The van der Waals surface area contributed by atoms with E-state index in [1.165, 1.54) is 30.4 Å². The Labute approximate surface area is 93.3 Å². The predicted molar refractivity (Wildman–Crippen MR) is 64.8 cm³/mol. The molecule has 1 heteroatoms. The molecule has 1 rings (SSSR count). The highest BCUT2D eigenvalue weighted by molar-refractivity contribution is 5.77. The first-order chi connectivity index (χ1) is 6.93. The SMILES string of the molecule is CC(=O)C/C=C/C1=C(C)CCCC1(C)C. The minimum atomic E-state index is 0.234. The molecule has 0 spiro atoms. The Hall–Kier alpha value is -0.850. The van der Waals surface area contributed by atoms with Crippen LogP contribution in [-0.2, 0) is 4.79 Å². The first kappa shape index (κ1) is 12.2. The standard InChI is InChI=1S/C14H22O/c1-11-7-6-10-14(3,4)13(11)9-5-8-12(2)15/h5,9H,6-8,10H2,1-4H3/b9-5+. The van der Waals surface area contributed by atoms with Crippen molar-refractivity contribution >= 4 is 5.78 Å². The number of ketones is 1. The van der Waals surface area contributed by atoms with Crippen LogP contribution in [0, 0.1) is 5.41 Å². The number of rotatable bonds is 3. The van der Waals surface area contributed by atoms with Gasteiger partial charge in [0.05, 0.1) is 0 Å². The van der Waals surface area contributed by atoms with Gasteiger partial charge in [-0.1, -0.05) is 31.6 Å². The minimum absolute atomic E-state index is 0.234. The lowest BCUT2D eigenvalue weighted by Gasteiger charge is -2.32. The molecule has 0 fully saturated rings. The highest BCUT2D eigenvalue weighted by atomic mass is 16.1. The number of Topliss-reactive ketones (excluding diaryl/α,β-unsaturated/α-hetero) is 1. The summed E-state index contributed by atoms with van der Waals surface area (Å²) >= 11 is 0. The van der Waals surface area contributed by atoms with Gasteiger partial charge in [-0.3, -0.25) is 4.79 Å². The van der Waals surface area contributed by atoms with Crippen LogP contribution in [0.3, 0.4) is 0 Å². The predicted octanol–water partition coefficient (Wildman–Crippen LogP) is 4.05. The van der Waals surface area contributed by atoms with Gasteiger partial charge in [-0.15, -0.1) is 0 Å². The van der Waals surface area contributed by atoms with E-state index >= 15 is 0 Å². The van der Waals surface area contributed by atoms with Gasteiger partial charge in [-0.25, -0.2) is 0 Å². The van der Waals surface area contributed by atoms with Crippen molar-refractivity contribution in [1.82, 2.24) is 0 Å². The molecule has 0 heterocycles. The smallest absolute Gasteiger partial charge is 0.133 e. The lowest BCUT2D eigenvalue weighted by Crippen LogP contribution is -2.19. The van der Waals surface area contributed by atoms with Gasteiger partial charge in [0.15, 0.2) is 0 Å². The van der Waals surface area contributed by atoms with Crippen LogP contribution in [0.25, 0.3) is 0 Å². The number of carbonyl (C=O) groups excluding carboxylic acids is 1. The summed E-state index contributed by atoms with van der Waals surface area (Å²) < 4.78 is 0. The van der Waals surface area contributed by atoms with E-state index < -0.39 is 0 Å². The molecule has 0 unspecified atom stereocenters. The molecule has 84 valence electrons. The summed E-state index contributed by atoms with van der Waals surface area (Å²) in [7, 11) is 0. The molecule has 0 bridgehead atoms. The largest absolute Gasteiger partial charge is 0.300 e. The molecular weight excluding hydrogens is 184 g/mol. The second-order valence-corrected chi connectivity index (χ2v) is 5.24. The summed E-state index contributed by atoms with van der Waals surface area (Å²) in [5, 5.41) is 0. The molecule has 1 aliphatic carbocycles. The van der Waals surface area contributed by atoms with E-state index in [1.807, 2.05) is 6.08 Å². The maximum absolute atomic E-state index is 10.9. The molecule has 0 aromatic rings. The van der Waals surface area contributed by atoms with Gasteiger partial charge in [0.1, 0.15) is 5.78 Å².